The summed E-state index contributed by atoms with van der Waals surface area (Å²) in [6.07, 6.45) is 1.74. The molecule has 24 heavy (non-hydrogen) atoms. The summed E-state index contributed by atoms with van der Waals surface area (Å²) < 4.78 is 5.35. The van der Waals surface area contributed by atoms with Crippen LogP contribution in [-0.4, -0.2) is 46.3 Å². The topological polar surface area (TPSA) is 59.0 Å². The number of aromatic nitrogens is 1. The van der Waals surface area contributed by atoms with Crippen molar-refractivity contribution >= 4 is 23.1 Å². The second-order valence-electron chi connectivity index (χ2n) is 5.96. The first-order valence-electron chi connectivity index (χ1n) is 8.06. The molecule has 126 valence electrons. The normalized spacial score (nSPS) is 14.3. The SMILES string of the molecule is CN(C)c1ccc(NC(=O)c2ccc(N3CCOCC3)[nH+]c2)cc1. The van der Waals surface area contributed by atoms with Crippen molar-refractivity contribution in [2.45, 2.75) is 0 Å². The molecule has 0 spiro atoms. The molecule has 1 aliphatic heterocycles. The number of aromatic amines is 1. The number of hydrogen-bond acceptors (Lipinski definition) is 4. The predicted molar refractivity (Wildman–Crippen MR) is 94.8 cm³/mol. The van der Waals surface area contributed by atoms with Crippen LogP contribution in [0, 0.1) is 0 Å². The van der Waals surface area contributed by atoms with Gasteiger partial charge in [-0.25, -0.2) is 4.98 Å². The van der Waals surface area contributed by atoms with Crippen LogP contribution in [0.5, 0.6) is 0 Å². The van der Waals surface area contributed by atoms with E-state index in [4.69, 9.17) is 4.74 Å². The Kier molecular flexibility index (Phi) is 4.96. The maximum absolute atomic E-state index is 12.3. The predicted octanol–water partition coefficient (Wildman–Crippen LogP) is 1.66. The number of carbonyl (C=O) groups excluding carboxylic acids is 1. The number of morpholine rings is 1. The van der Waals surface area contributed by atoms with Gasteiger partial charge in [-0.2, -0.15) is 0 Å². The molecule has 3 rings (SSSR count). The largest absolute Gasteiger partial charge is 0.378 e. The van der Waals surface area contributed by atoms with Gasteiger partial charge in [0.1, 0.15) is 19.3 Å². The summed E-state index contributed by atoms with van der Waals surface area (Å²) in [6, 6.07) is 11.5. The van der Waals surface area contributed by atoms with Crippen molar-refractivity contribution in [1.82, 2.24) is 0 Å². The van der Waals surface area contributed by atoms with E-state index in [9.17, 15) is 4.79 Å². The number of pyridine rings is 1. The van der Waals surface area contributed by atoms with E-state index in [2.05, 4.69) is 15.2 Å². The number of H-pyrrole nitrogens is 1. The maximum atomic E-state index is 12.3. The smallest absolute Gasteiger partial charge is 0.274 e. The van der Waals surface area contributed by atoms with Crippen LogP contribution in [0.15, 0.2) is 42.6 Å². The van der Waals surface area contributed by atoms with Crippen LogP contribution in [0.3, 0.4) is 0 Å². The molecule has 1 amide bonds. The number of carbonyl (C=O) groups is 1. The Morgan fingerprint density at radius 3 is 2.42 bits per heavy atom. The highest BCUT2D eigenvalue weighted by Crippen LogP contribution is 2.16. The second kappa shape index (κ2) is 7.31. The number of ether oxygens (including phenoxy) is 1. The fourth-order valence-corrected chi connectivity index (χ4v) is 2.60. The van der Waals surface area contributed by atoms with Crippen LogP contribution < -0.4 is 20.1 Å². The fourth-order valence-electron chi connectivity index (χ4n) is 2.60. The van der Waals surface area contributed by atoms with Crippen molar-refractivity contribution in [2.75, 3.05) is 55.5 Å². The van der Waals surface area contributed by atoms with Gasteiger partial charge in [0.2, 0.25) is 0 Å². The standard InChI is InChI=1S/C18H22N4O2/c1-21(2)16-6-4-15(5-7-16)20-18(23)14-3-8-17(19-13-14)22-9-11-24-12-10-22/h3-8,13H,9-12H2,1-2H3,(H,20,23)/p+1. The molecule has 1 aliphatic rings. The molecule has 2 heterocycles. The minimum absolute atomic E-state index is 0.127. The highest BCUT2D eigenvalue weighted by molar-refractivity contribution is 6.04. The van der Waals surface area contributed by atoms with Crippen molar-refractivity contribution in [3.05, 3.63) is 48.2 Å². The molecular weight excluding hydrogens is 304 g/mol. The number of nitrogens with one attached hydrogen (secondary N) is 2. The molecule has 0 saturated carbocycles. The van der Waals surface area contributed by atoms with Gasteiger partial charge in [-0.1, -0.05) is 0 Å². The fraction of sp³-hybridized carbons (Fsp3) is 0.333. The molecule has 0 bridgehead atoms. The highest BCUT2D eigenvalue weighted by atomic mass is 16.5. The average molecular weight is 327 g/mol. The molecule has 0 atom stereocenters. The first kappa shape index (κ1) is 16.3. The summed E-state index contributed by atoms with van der Waals surface area (Å²) >= 11 is 0. The van der Waals surface area contributed by atoms with E-state index in [-0.39, 0.29) is 5.91 Å². The Labute approximate surface area is 142 Å². The zero-order valence-corrected chi connectivity index (χ0v) is 14.1. The van der Waals surface area contributed by atoms with Gasteiger partial charge >= 0.3 is 0 Å². The number of anilines is 3. The van der Waals surface area contributed by atoms with Crippen LogP contribution in [0.2, 0.25) is 0 Å². The van der Waals surface area contributed by atoms with E-state index in [1.807, 2.05) is 55.4 Å². The molecule has 2 N–H and O–H groups in total. The molecule has 1 aromatic carbocycles. The molecular formula is C18H23N4O2+. The van der Waals surface area contributed by atoms with Crippen molar-refractivity contribution in [1.29, 1.82) is 0 Å². The van der Waals surface area contributed by atoms with Crippen molar-refractivity contribution in [2.24, 2.45) is 0 Å². The number of benzene rings is 1. The Morgan fingerprint density at radius 2 is 1.83 bits per heavy atom. The van der Waals surface area contributed by atoms with E-state index in [1.165, 1.54) is 0 Å². The quantitative estimate of drug-likeness (QED) is 0.928. The first-order valence-corrected chi connectivity index (χ1v) is 8.06. The van der Waals surface area contributed by atoms with Gasteiger partial charge in [0, 0.05) is 31.5 Å². The lowest BCUT2D eigenvalue weighted by atomic mass is 10.2. The van der Waals surface area contributed by atoms with Gasteiger partial charge in [-0.05, 0) is 30.3 Å². The van der Waals surface area contributed by atoms with Gasteiger partial charge < -0.3 is 15.0 Å². The molecule has 1 fully saturated rings. The lowest BCUT2D eigenvalue weighted by molar-refractivity contribution is -0.364. The minimum Gasteiger partial charge on any atom is -0.378 e. The third kappa shape index (κ3) is 3.83. The lowest BCUT2D eigenvalue weighted by Crippen LogP contribution is -2.39. The van der Waals surface area contributed by atoms with E-state index >= 15 is 0 Å². The summed E-state index contributed by atoms with van der Waals surface area (Å²) in [6.45, 7) is 3.19. The third-order valence-electron chi connectivity index (χ3n) is 4.05. The van der Waals surface area contributed by atoms with Crippen molar-refractivity contribution in [3.8, 4) is 0 Å². The van der Waals surface area contributed by atoms with E-state index in [0.29, 0.717) is 5.56 Å². The Morgan fingerprint density at radius 1 is 1.12 bits per heavy atom. The van der Waals surface area contributed by atoms with Crippen LogP contribution in [-0.2, 0) is 4.74 Å². The van der Waals surface area contributed by atoms with Gasteiger partial charge in [-0.3, -0.25) is 9.69 Å². The Hall–Kier alpha value is -2.60. The summed E-state index contributed by atoms with van der Waals surface area (Å²) in [5.41, 5.74) is 2.47. The monoisotopic (exact) mass is 327 g/mol. The second-order valence-corrected chi connectivity index (χ2v) is 5.96. The molecule has 2 aromatic rings. The molecule has 6 heteroatoms. The number of amides is 1. The van der Waals surface area contributed by atoms with Crippen LogP contribution in [0.1, 0.15) is 10.4 Å². The highest BCUT2D eigenvalue weighted by Gasteiger charge is 2.19. The van der Waals surface area contributed by atoms with E-state index in [0.717, 1.165) is 43.5 Å². The molecule has 0 radical (unpaired) electrons. The molecule has 0 aliphatic carbocycles. The minimum atomic E-state index is -0.127. The van der Waals surface area contributed by atoms with E-state index < -0.39 is 0 Å². The summed E-state index contributed by atoms with van der Waals surface area (Å²) in [4.78, 5) is 19.8. The van der Waals surface area contributed by atoms with Crippen molar-refractivity contribution in [3.63, 3.8) is 0 Å². The van der Waals surface area contributed by atoms with Crippen LogP contribution in [0.4, 0.5) is 17.2 Å². The Bertz CT molecular complexity index is 677. The molecule has 1 saturated heterocycles. The van der Waals surface area contributed by atoms with Crippen LogP contribution in [0.25, 0.3) is 0 Å². The Balaban J connectivity index is 1.64. The number of hydrogen-bond donors (Lipinski definition) is 1. The molecule has 0 unspecified atom stereocenters. The third-order valence-corrected chi connectivity index (χ3v) is 4.05. The molecule has 1 aromatic heterocycles. The van der Waals surface area contributed by atoms with E-state index in [1.54, 1.807) is 6.20 Å². The zero-order valence-electron chi connectivity index (χ0n) is 14.1. The van der Waals surface area contributed by atoms with Gasteiger partial charge in [0.25, 0.3) is 11.7 Å². The average Bonchev–Trinajstić information content (AvgIpc) is 2.63. The first-order chi connectivity index (χ1) is 11.6. The van der Waals surface area contributed by atoms with Crippen molar-refractivity contribution < 1.29 is 14.5 Å². The summed E-state index contributed by atoms with van der Waals surface area (Å²) in [7, 11) is 3.97. The maximum Gasteiger partial charge on any atom is 0.274 e. The van der Waals surface area contributed by atoms with Gasteiger partial charge in [-0.15, -0.1) is 0 Å². The summed E-state index contributed by atoms with van der Waals surface area (Å²) in [5, 5.41) is 2.91. The number of nitrogens with zero attached hydrogens (tertiary/aromatic N) is 2. The summed E-state index contributed by atoms with van der Waals surface area (Å²) in [5.74, 6) is 0.877. The van der Waals surface area contributed by atoms with Gasteiger partial charge in [0.05, 0.1) is 18.8 Å². The number of rotatable bonds is 4. The van der Waals surface area contributed by atoms with Crippen LogP contribution >= 0.6 is 0 Å². The van der Waals surface area contributed by atoms with Gasteiger partial charge in [0.15, 0.2) is 0 Å². The lowest BCUT2D eigenvalue weighted by Gasteiger charge is -2.21. The molecule has 6 nitrogen and oxygen atoms in total. The zero-order chi connectivity index (χ0) is 16.9.